The molecule has 0 radical (unpaired) electrons. The first-order valence-corrected chi connectivity index (χ1v) is 15.0. The molecule has 2 heterocycles. The van der Waals surface area contributed by atoms with Gasteiger partial charge < -0.3 is 30.7 Å². The normalized spacial score (nSPS) is 23.3. The summed E-state index contributed by atoms with van der Waals surface area (Å²) in [6.45, 7) is 2.22. The largest absolute Gasteiger partial charge is 0.469 e. The van der Waals surface area contributed by atoms with Crippen LogP contribution in [0, 0.1) is 0 Å². The minimum Gasteiger partial charge on any atom is -0.469 e. The van der Waals surface area contributed by atoms with Gasteiger partial charge in [0, 0.05) is 24.3 Å². The van der Waals surface area contributed by atoms with Crippen molar-refractivity contribution in [2.24, 2.45) is 0 Å². The third-order valence-electron chi connectivity index (χ3n) is 6.14. The van der Waals surface area contributed by atoms with E-state index >= 15 is 0 Å². The first-order chi connectivity index (χ1) is 16.9. The molecular formula is C23H40N4O6S2. The smallest absolute Gasteiger partial charge is 0.315 e. The van der Waals surface area contributed by atoms with E-state index in [0.29, 0.717) is 19.4 Å². The highest BCUT2D eigenvalue weighted by molar-refractivity contribution is 8.76. The molecule has 0 aromatic heterocycles. The van der Waals surface area contributed by atoms with Crippen molar-refractivity contribution in [3.05, 3.63) is 0 Å². The van der Waals surface area contributed by atoms with Crippen molar-refractivity contribution in [1.29, 1.82) is 0 Å². The summed E-state index contributed by atoms with van der Waals surface area (Å²) < 4.78 is 9.60. The fraction of sp³-hybridized carbons (Fsp3) is 0.826. The molecule has 2 aliphatic rings. The molecule has 0 bridgehead atoms. The number of hydrogen-bond donors (Lipinski definition) is 4. The zero-order valence-corrected chi connectivity index (χ0v) is 22.4. The third-order valence-corrected chi connectivity index (χ3v) is 8.61. The number of hydrogen-bond acceptors (Lipinski definition) is 8. The van der Waals surface area contributed by atoms with Gasteiger partial charge in [0.15, 0.2) is 0 Å². The van der Waals surface area contributed by atoms with Crippen LogP contribution in [0.5, 0.6) is 0 Å². The van der Waals surface area contributed by atoms with E-state index in [9.17, 15) is 19.2 Å². The first kappa shape index (κ1) is 29.4. The monoisotopic (exact) mass is 538 g/mol. The van der Waals surface area contributed by atoms with Crippen LogP contribution < -0.4 is 21.3 Å². The van der Waals surface area contributed by atoms with E-state index in [1.807, 2.05) is 0 Å². The lowest BCUT2D eigenvalue weighted by atomic mass is 10.0. The second kappa shape index (κ2) is 16.8. The number of urea groups is 2. The van der Waals surface area contributed by atoms with Crippen LogP contribution in [0.4, 0.5) is 9.59 Å². The Balaban J connectivity index is 1.60. The average molecular weight is 539 g/mol. The lowest BCUT2D eigenvalue weighted by Gasteiger charge is -2.20. The number of rotatable bonds is 18. The molecule has 0 aromatic carbocycles. The second-order valence-electron chi connectivity index (χ2n) is 8.81. The van der Waals surface area contributed by atoms with E-state index in [1.165, 1.54) is 7.11 Å². The Morgan fingerprint density at radius 1 is 0.714 bits per heavy atom. The lowest BCUT2D eigenvalue weighted by Crippen LogP contribution is -2.36. The van der Waals surface area contributed by atoms with Crippen LogP contribution in [0.3, 0.4) is 0 Å². The Kier molecular flexibility index (Phi) is 14.1. The van der Waals surface area contributed by atoms with E-state index in [0.717, 1.165) is 62.9 Å². The lowest BCUT2D eigenvalue weighted by molar-refractivity contribution is -0.143. The van der Waals surface area contributed by atoms with Gasteiger partial charge in [-0.1, -0.05) is 47.3 Å². The molecule has 12 heteroatoms. The Hall–Kier alpha value is -1.82. The molecule has 35 heavy (non-hydrogen) atoms. The maximum absolute atomic E-state index is 11.9. The minimum atomic E-state index is -0.183. The minimum absolute atomic E-state index is 0.0620. The molecule has 0 aromatic rings. The topological polar surface area (TPSA) is 135 Å². The molecule has 4 amide bonds. The van der Waals surface area contributed by atoms with Gasteiger partial charge in [0.1, 0.15) is 0 Å². The third kappa shape index (κ3) is 11.6. The second-order valence-corrected chi connectivity index (χ2v) is 11.4. The molecular weight excluding hydrogens is 498 g/mol. The summed E-state index contributed by atoms with van der Waals surface area (Å²) in [5.41, 5.74) is 0. The Morgan fingerprint density at radius 3 is 1.63 bits per heavy atom. The van der Waals surface area contributed by atoms with E-state index in [4.69, 9.17) is 4.74 Å². The summed E-state index contributed by atoms with van der Waals surface area (Å²) in [5, 5.41) is 12.0. The Bertz CT molecular complexity index is 699. The van der Waals surface area contributed by atoms with Crippen LogP contribution in [0.2, 0.25) is 0 Å². The van der Waals surface area contributed by atoms with Crippen LogP contribution in [-0.4, -0.2) is 73.4 Å². The molecule has 2 rings (SSSR count). The number of carbonyl (C=O) groups is 4. The quantitative estimate of drug-likeness (QED) is 0.119. The standard InChI is InChI=1S/C23H40N4O6S2/c1-3-33-21(29)13-9-5-7-11-17-19(27-23(31)25-17)15-35-34-14-18-16(24-22(30)26-18)10-6-4-8-12-20(28)32-2/h16-19H,3-15H2,1-2H3,(H2,24,26,30)(H2,25,27,31)/t16-,17-,18+,19+/m1/s1/i34+3,35+3. The maximum Gasteiger partial charge on any atom is 0.315 e. The van der Waals surface area contributed by atoms with Gasteiger partial charge in [0.25, 0.3) is 0 Å². The van der Waals surface area contributed by atoms with Crippen molar-refractivity contribution < 1.29 is 28.7 Å². The van der Waals surface area contributed by atoms with Gasteiger partial charge >= 0.3 is 24.0 Å². The van der Waals surface area contributed by atoms with Crippen LogP contribution in [0.25, 0.3) is 0 Å². The van der Waals surface area contributed by atoms with Crippen LogP contribution in [0.1, 0.15) is 71.1 Å². The highest BCUT2D eigenvalue weighted by Crippen LogP contribution is 2.27. The zero-order chi connectivity index (χ0) is 25.5. The van der Waals surface area contributed by atoms with Crippen LogP contribution >= 0.6 is 21.6 Å². The number of ether oxygens (including phenoxy) is 2. The van der Waals surface area contributed by atoms with Crippen molar-refractivity contribution in [3.8, 4) is 0 Å². The molecule has 4 atom stereocenters. The van der Waals surface area contributed by atoms with E-state index in [2.05, 4.69) is 26.0 Å². The average Bonchev–Trinajstić information content (AvgIpc) is 3.36. The van der Waals surface area contributed by atoms with Gasteiger partial charge in [-0.25, -0.2) is 9.59 Å². The van der Waals surface area contributed by atoms with Gasteiger partial charge in [-0.3, -0.25) is 9.59 Å². The van der Waals surface area contributed by atoms with Crippen molar-refractivity contribution in [2.45, 2.75) is 95.3 Å². The zero-order valence-electron chi connectivity index (χ0n) is 20.8. The molecule has 0 spiro atoms. The van der Waals surface area contributed by atoms with Gasteiger partial charge in [-0.2, -0.15) is 0 Å². The Labute approximate surface area is 215 Å². The van der Waals surface area contributed by atoms with E-state index in [1.54, 1.807) is 28.5 Å². The van der Waals surface area contributed by atoms with E-state index < -0.39 is 0 Å². The summed E-state index contributed by atoms with van der Waals surface area (Å²) in [5.74, 6) is 1.23. The van der Waals surface area contributed by atoms with Gasteiger partial charge in [-0.15, -0.1) is 0 Å². The predicted molar refractivity (Wildman–Crippen MR) is 138 cm³/mol. The van der Waals surface area contributed by atoms with Gasteiger partial charge in [0.05, 0.1) is 37.9 Å². The van der Waals surface area contributed by atoms with Crippen molar-refractivity contribution >= 4 is 45.6 Å². The number of esters is 2. The van der Waals surface area contributed by atoms with Gasteiger partial charge in [0.2, 0.25) is 0 Å². The van der Waals surface area contributed by atoms with E-state index in [-0.39, 0.29) is 48.2 Å². The number of amides is 4. The van der Waals surface area contributed by atoms with Gasteiger partial charge in [-0.05, 0) is 32.6 Å². The number of methoxy groups -OCH3 is 1. The highest BCUT2D eigenvalue weighted by atomic mass is 36.0. The van der Waals surface area contributed by atoms with Crippen molar-refractivity contribution in [2.75, 3.05) is 25.2 Å². The van der Waals surface area contributed by atoms with Crippen LogP contribution in [-0.2, 0) is 19.1 Å². The fourth-order valence-electron chi connectivity index (χ4n) is 4.22. The molecule has 10 nitrogen and oxygen atoms in total. The van der Waals surface area contributed by atoms with Crippen molar-refractivity contribution in [3.63, 3.8) is 0 Å². The Morgan fingerprint density at radius 2 is 1.17 bits per heavy atom. The summed E-state index contributed by atoms with van der Waals surface area (Å²) in [6.07, 6.45) is 7.96. The molecule has 0 unspecified atom stereocenters. The summed E-state index contributed by atoms with van der Waals surface area (Å²) in [4.78, 5) is 46.3. The predicted octanol–water partition coefficient (Wildman–Crippen LogP) is 3.10. The molecule has 0 saturated carbocycles. The maximum atomic E-state index is 11.9. The first-order valence-electron chi connectivity index (χ1n) is 12.5. The molecule has 2 saturated heterocycles. The van der Waals surface area contributed by atoms with Crippen molar-refractivity contribution in [1.82, 2.24) is 21.3 Å². The summed E-state index contributed by atoms with van der Waals surface area (Å²) in [6, 6.07) is 0.0406. The SMILES string of the molecule is CCOC(=O)CCCCC[C@H]1NC(=O)N[C@H]1C[35S][35S]C[C@@H]1NC(=O)N[C@@H]1CCCCCC(=O)OC. The fourth-order valence-corrected chi connectivity index (χ4v) is 6.79. The molecule has 4 N–H and O–H groups in total. The number of unbranched alkanes of at least 4 members (excludes halogenated alkanes) is 4. The molecule has 200 valence electrons. The van der Waals surface area contributed by atoms with Crippen LogP contribution in [0.15, 0.2) is 0 Å². The number of nitrogens with one attached hydrogen (secondary N) is 4. The summed E-state index contributed by atoms with van der Waals surface area (Å²) >= 11 is 0. The highest BCUT2D eigenvalue weighted by Gasteiger charge is 2.33. The summed E-state index contributed by atoms with van der Waals surface area (Å²) in [7, 11) is 4.81. The molecule has 2 aliphatic heterocycles. The molecule has 0 aliphatic carbocycles. The number of carbonyl (C=O) groups excluding carboxylic acids is 4. The molecule has 2 fully saturated rings.